The van der Waals surface area contributed by atoms with Gasteiger partial charge in [-0.15, -0.1) is 0 Å². The zero-order valence-corrected chi connectivity index (χ0v) is 16.0. The van der Waals surface area contributed by atoms with E-state index in [1.54, 1.807) is 7.11 Å². The molecule has 1 atom stereocenters. The Hall–Kier alpha value is -2.27. The van der Waals surface area contributed by atoms with Crippen molar-refractivity contribution in [3.8, 4) is 11.5 Å². The minimum atomic E-state index is 0.0554. The molecule has 0 radical (unpaired) electrons. The predicted octanol–water partition coefficient (Wildman–Crippen LogP) is 4.57. The molecule has 1 unspecified atom stereocenters. The Bertz CT molecular complexity index is 686. The van der Waals surface area contributed by atoms with E-state index in [1.807, 2.05) is 43.3 Å². The van der Waals surface area contributed by atoms with Gasteiger partial charge in [0, 0.05) is 5.69 Å². The minimum Gasteiger partial charge on any atom is -0.493 e. The lowest BCUT2D eigenvalue weighted by Gasteiger charge is -2.18. The Labute approximate surface area is 155 Å². The summed E-state index contributed by atoms with van der Waals surface area (Å²) < 4.78 is 11.1. The molecular weight excluding hydrogens is 332 g/mol. The zero-order valence-electron chi connectivity index (χ0n) is 15.2. The topological polar surface area (TPSA) is 42.5 Å². The molecule has 0 aliphatic heterocycles. The van der Waals surface area contributed by atoms with Crippen LogP contribution in [0.15, 0.2) is 48.5 Å². The lowest BCUT2D eigenvalue weighted by molar-refractivity contribution is 0.270. The van der Waals surface area contributed by atoms with Crippen LogP contribution < -0.4 is 20.1 Å². The molecule has 0 aromatic heterocycles. The van der Waals surface area contributed by atoms with Gasteiger partial charge in [0.15, 0.2) is 16.6 Å². The maximum Gasteiger partial charge on any atom is 0.171 e. The van der Waals surface area contributed by atoms with Crippen molar-refractivity contribution in [1.29, 1.82) is 0 Å². The molecule has 4 nitrogen and oxygen atoms in total. The summed E-state index contributed by atoms with van der Waals surface area (Å²) in [5, 5.41) is 7.00. The molecule has 134 valence electrons. The highest BCUT2D eigenvalue weighted by Crippen LogP contribution is 2.25. The number of anilines is 1. The van der Waals surface area contributed by atoms with E-state index in [2.05, 4.69) is 36.6 Å². The highest BCUT2D eigenvalue weighted by molar-refractivity contribution is 7.80. The van der Waals surface area contributed by atoms with Crippen molar-refractivity contribution in [2.24, 2.45) is 0 Å². The van der Waals surface area contributed by atoms with Gasteiger partial charge in [-0.2, -0.15) is 0 Å². The van der Waals surface area contributed by atoms with E-state index in [1.165, 1.54) is 5.56 Å². The normalized spacial score (nSPS) is 11.7. The van der Waals surface area contributed by atoms with E-state index in [4.69, 9.17) is 21.7 Å². The van der Waals surface area contributed by atoms with Crippen LogP contribution in [-0.4, -0.2) is 24.9 Å². The van der Waals surface area contributed by atoms with Crippen LogP contribution in [0.2, 0.25) is 0 Å². The molecule has 0 bridgehead atoms. The predicted molar refractivity (Wildman–Crippen MR) is 108 cm³/mol. The summed E-state index contributed by atoms with van der Waals surface area (Å²) in [5.41, 5.74) is 2.28. The molecule has 2 aromatic rings. The first-order valence-corrected chi connectivity index (χ1v) is 8.83. The van der Waals surface area contributed by atoms with Crippen LogP contribution >= 0.6 is 12.2 Å². The van der Waals surface area contributed by atoms with Gasteiger partial charge in [-0.25, -0.2) is 0 Å². The summed E-state index contributed by atoms with van der Waals surface area (Å²) in [5.74, 6) is 1.97. The number of hydrogen-bond acceptors (Lipinski definition) is 3. The molecule has 0 spiro atoms. The van der Waals surface area contributed by atoms with Gasteiger partial charge in [-0.3, -0.25) is 0 Å². The number of methoxy groups -OCH3 is 1. The van der Waals surface area contributed by atoms with Gasteiger partial charge in [0.25, 0.3) is 0 Å². The molecule has 0 amide bonds. The summed E-state index contributed by atoms with van der Waals surface area (Å²) >= 11 is 5.37. The molecule has 0 heterocycles. The Morgan fingerprint density at radius 2 is 1.64 bits per heavy atom. The van der Waals surface area contributed by atoms with Crippen molar-refractivity contribution in [3.05, 3.63) is 54.1 Å². The smallest absolute Gasteiger partial charge is 0.171 e. The Morgan fingerprint density at radius 3 is 2.24 bits per heavy atom. The number of thiocarbonyl (C=S) groups is 1. The van der Waals surface area contributed by atoms with Crippen LogP contribution in [0, 0.1) is 0 Å². The molecule has 2 rings (SSSR count). The molecule has 2 N–H and O–H groups in total. The van der Waals surface area contributed by atoms with E-state index in [0.717, 1.165) is 17.2 Å². The van der Waals surface area contributed by atoms with Crippen LogP contribution in [0.5, 0.6) is 11.5 Å². The lowest BCUT2D eigenvalue weighted by atomic mass is 10.0. The van der Waals surface area contributed by atoms with Crippen molar-refractivity contribution in [1.82, 2.24) is 5.32 Å². The Kier molecular flexibility index (Phi) is 7.07. The lowest BCUT2D eigenvalue weighted by Crippen LogP contribution is -2.39. The van der Waals surface area contributed by atoms with Crippen molar-refractivity contribution in [2.75, 3.05) is 19.0 Å². The van der Waals surface area contributed by atoms with E-state index in [9.17, 15) is 0 Å². The maximum atomic E-state index is 5.81. The first-order chi connectivity index (χ1) is 12.0. The van der Waals surface area contributed by atoms with Crippen molar-refractivity contribution >= 4 is 23.0 Å². The molecule has 25 heavy (non-hydrogen) atoms. The maximum absolute atomic E-state index is 5.81. The van der Waals surface area contributed by atoms with E-state index in [-0.39, 0.29) is 6.04 Å². The van der Waals surface area contributed by atoms with E-state index in [0.29, 0.717) is 17.6 Å². The average Bonchev–Trinajstić information content (AvgIpc) is 2.60. The Balaban J connectivity index is 1.81. The van der Waals surface area contributed by atoms with Gasteiger partial charge in [-0.05, 0) is 54.9 Å². The molecule has 2 aromatic carbocycles. The molecule has 0 aliphatic rings. The van der Waals surface area contributed by atoms with Gasteiger partial charge < -0.3 is 20.1 Å². The summed E-state index contributed by atoms with van der Waals surface area (Å²) in [7, 11) is 1.63. The van der Waals surface area contributed by atoms with Gasteiger partial charge in [-0.1, -0.05) is 38.1 Å². The standard InChI is InChI=1S/C20H26N2O2S/c1-14(2)16-9-11-17(12-10-16)22-20(25)21-15(3)13-24-19-8-6-5-7-18(19)23-4/h5-12,14-15H,13H2,1-4H3,(H2,21,22,25). The number of ether oxygens (including phenoxy) is 2. The molecule has 0 saturated carbocycles. The van der Waals surface area contributed by atoms with E-state index >= 15 is 0 Å². The number of rotatable bonds is 7. The second-order valence-corrected chi connectivity index (χ2v) is 6.65. The Morgan fingerprint density at radius 1 is 1.00 bits per heavy atom. The second-order valence-electron chi connectivity index (χ2n) is 6.24. The van der Waals surface area contributed by atoms with Crippen molar-refractivity contribution in [2.45, 2.75) is 32.7 Å². The van der Waals surface area contributed by atoms with Gasteiger partial charge in [0.05, 0.1) is 13.2 Å². The third-order valence-electron chi connectivity index (χ3n) is 3.77. The van der Waals surface area contributed by atoms with Crippen LogP contribution in [0.4, 0.5) is 5.69 Å². The highest BCUT2D eigenvalue weighted by Gasteiger charge is 2.08. The van der Waals surface area contributed by atoms with Crippen LogP contribution in [0.1, 0.15) is 32.3 Å². The fourth-order valence-corrected chi connectivity index (χ4v) is 2.66. The first-order valence-electron chi connectivity index (χ1n) is 8.43. The average molecular weight is 359 g/mol. The highest BCUT2D eigenvalue weighted by atomic mass is 32.1. The van der Waals surface area contributed by atoms with Gasteiger partial charge in [0.2, 0.25) is 0 Å². The zero-order chi connectivity index (χ0) is 18.2. The SMILES string of the molecule is COc1ccccc1OCC(C)NC(=S)Nc1ccc(C(C)C)cc1. The summed E-state index contributed by atoms with van der Waals surface area (Å²) in [6.45, 7) is 6.86. The second kappa shape index (κ2) is 9.28. The van der Waals surface area contributed by atoms with Crippen LogP contribution in [-0.2, 0) is 0 Å². The monoisotopic (exact) mass is 358 g/mol. The third-order valence-corrected chi connectivity index (χ3v) is 3.99. The van der Waals surface area contributed by atoms with Crippen LogP contribution in [0.3, 0.4) is 0 Å². The number of benzene rings is 2. The van der Waals surface area contributed by atoms with Crippen LogP contribution in [0.25, 0.3) is 0 Å². The molecule has 0 fully saturated rings. The molecular formula is C20H26N2O2S. The van der Waals surface area contributed by atoms with Gasteiger partial charge >= 0.3 is 0 Å². The fourth-order valence-electron chi connectivity index (χ4n) is 2.34. The number of para-hydroxylation sites is 2. The largest absolute Gasteiger partial charge is 0.493 e. The first kappa shape index (κ1) is 19.1. The molecule has 5 heteroatoms. The van der Waals surface area contributed by atoms with Crippen molar-refractivity contribution < 1.29 is 9.47 Å². The fraction of sp³-hybridized carbons (Fsp3) is 0.350. The van der Waals surface area contributed by atoms with E-state index < -0.39 is 0 Å². The number of hydrogen-bond donors (Lipinski definition) is 2. The van der Waals surface area contributed by atoms with Crippen molar-refractivity contribution in [3.63, 3.8) is 0 Å². The summed E-state index contributed by atoms with van der Waals surface area (Å²) in [6, 6.07) is 16.0. The third kappa shape index (κ3) is 5.94. The summed E-state index contributed by atoms with van der Waals surface area (Å²) in [6.07, 6.45) is 0. The molecule has 0 aliphatic carbocycles. The molecule has 0 saturated heterocycles. The number of nitrogens with one attached hydrogen (secondary N) is 2. The van der Waals surface area contributed by atoms with Gasteiger partial charge in [0.1, 0.15) is 6.61 Å². The minimum absolute atomic E-state index is 0.0554. The quantitative estimate of drug-likeness (QED) is 0.710. The summed E-state index contributed by atoms with van der Waals surface area (Å²) in [4.78, 5) is 0.